The molecule has 0 saturated heterocycles. The van der Waals surface area contributed by atoms with Crippen LogP contribution in [0.5, 0.6) is 0 Å². The molecule has 0 saturated carbocycles. The van der Waals surface area contributed by atoms with Crippen molar-refractivity contribution in [2.75, 3.05) is 5.32 Å². The van der Waals surface area contributed by atoms with Crippen LogP contribution < -0.4 is 11.1 Å². The Morgan fingerprint density at radius 3 is 2.56 bits per heavy atom. The number of carbonyl (C=O) groups is 1. The summed E-state index contributed by atoms with van der Waals surface area (Å²) in [5.41, 5.74) is 3.27. The highest BCUT2D eigenvalue weighted by molar-refractivity contribution is 6.31. The molecular formula is C10H11ClFN3O3. The average Bonchev–Trinajstić information content (AvgIpc) is 2.22. The number of hydrogen-bond acceptors (Lipinski definition) is 4. The van der Waals surface area contributed by atoms with Gasteiger partial charge in [0.1, 0.15) is 17.0 Å². The van der Waals surface area contributed by atoms with Crippen LogP contribution in [0, 0.1) is 15.9 Å². The molecule has 1 aromatic carbocycles. The maximum absolute atomic E-state index is 13.3. The molecule has 0 aliphatic heterocycles. The molecule has 0 aliphatic carbocycles. The Kier molecular flexibility index (Phi) is 3.76. The van der Waals surface area contributed by atoms with E-state index in [0.717, 1.165) is 12.1 Å². The first-order chi connectivity index (χ1) is 8.15. The molecule has 6 nitrogen and oxygen atoms in total. The van der Waals surface area contributed by atoms with Crippen LogP contribution in [-0.4, -0.2) is 16.4 Å². The van der Waals surface area contributed by atoms with Gasteiger partial charge in [0, 0.05) is 12.1 Å². The van der Waals surface area contributed by atoms with E-state index in [2.05, 4.69) is 5.32 Å². The van der Waals surface area contributed by atoms with Crippen LogP contribution in [0.4, 0.5) is 15.8 Å². The molecule has 3 N–H and O–H groups in total. The van der Waals surface area contributed by atoms with Crippen LogP contribution >= 0.6 is 11.6 Å². The van der Waals surface area contributed by atoms with Crippen molar-refractivity contribution in [1.29, 1.82) is 0 Å². The van der Waals surface area contributed by atoms with Gasteiger partial charge in [0.05, 0.1) is 9.95 Å². The van der Waals surface area contributed by atoms with Crippen LogP contribution in [0.25, 0.3) is 0 Å². The summed E-state index contributed by atoms with van der Waals surface area (Å²) >= 11 is 5.46. The first-order valence-corrected chi connectivity index (χ1v) is 5.24. The summed E-state index contributed by atoms with van der Waals surface area (Å²) in [6.07, 6.45) is 0. The number of halogens is 2. The molecule has 0 radical (unpaired) electrons. The standard InChI is InChI=1S/C10H11ClFN3O3/c1-10(2,9(13)16)14-7-4-6(12)5(11)3-8(7)15(17)18/h3-4,14H,1-2H3,(H2,13,16). The zero-order valence-electron chi connectivity index (χ0n) is 9.66. The maximum atomic E-state index is 13.3. The van der Waals surface area contributed by atoms with Crippen LogP contribution in [0.15, 0.2) is 12.1 Å². The fourth-order valence-corrected chi connectivity index (χ4v) is 1.34. The average molecular weight is 276 g/mol. The van der Waals surface area contributed by atoms with E-state index in [4.69, 9.17) is 17.3 Å². The Hall–Kier alpha value is -1.89. The second kappa shape index (κ2) is 4.77. The van der Waals surface area contributed by atoms with E-state index >= 15 is 0 Å². The van der Waals surface area contributed by atoms with Gasteiger partial charge in [0.25, 0.3) is 5.69 Å². The lowest BCUT2D eigenvalue weighted by atomic mass is 10.0. The molecule has 0 fully saturated rings. The fourth-order valence-electron chi connectivity index (χ4n) is 1.19. The highest BCUT2D eigenvalue weighted by Crippen LogP contribution is 2.32. The number of primary amides is 1. The Labute approximate surface area is 107 Å². The van der Waals surface area contributed by atoms with Gasteiger partial charge >= 0.3 is 0 Å². The molecule has 98 valence electrons. The van der Waals surface area contributed by atoms with Gasteiger partial charge in [-0.3, -0.25) is 14.9 Å². The molecule has 0 unspecified atom stereocenters. The highest BCUT2D eigenvalue weighted by Gasteiger charge is 2.28. The lowest BCUT2D eigenvalue weighted by Gasteiger charge is -2.23. The molecule has 0 heterocycles. The van der Waals surface area contributed by atoms with E-state index < -0.39 is 27.9 Å². The molecule has 18 heavy (non-hydrogen) atoms. The number of nitro benzene ring substituents is 1. The first kappa shape index (κ1) is 14.2. The van der Waals surface area contributed by atoms with Crippen molar-refractivity contribution < 1.29 is 14.1 Å². The molecule has 0 aliphatic rings. The monoisotopic (exact) mass is 275 g/mol. The van der Waals surface area contributed by atoms with Crippen molar-refractivity contribution >= 4 is 28.9 Å². The largest absolute Gasteiger partial charge is 0.368 e. The van der Waals surface area contributed by atoms with Crippen molar-refractivity contribution in [1.82, 2.24) is 0 Å². The number of rotatable bonds is 4. The number of nitrogens with two attached hydrogens (primary N) is 1. The summed E-state index contributed by atoms with van der Waals surface area (Å²) in [6.45, 7) is 2.84. The predicted octanol–water partition coefficient (Wildman–Crippen LogP) is 2.06. The summed E-state index contributed by atoms with van der Waals surface area (Å²) in [6, 6.07) is 1.72. The minimum absolute atomic E-state index is 0.161. The lowest BCUT2D eigenvalue weighted by Crippen LogP contribution is -2.45. The molecule has 1 rings (SSSR count). The SMILES string of the molecule is CC(C)(Nc1cc(F)c(Cl)cc1[N+](=O)[O-])C(N)=O. The third kappa shape index (κ3) is 2.86. The number of nitrogens with one attached hydrogen (secondary N) is 1. The van der Waals surface area contributed by atoms with Gasteiger partial charge in [-0.25, -0.2) is 4.39 Å². The molecular weight excluding hydrogens is 265 g/mol. The van der Waals surface area contributed by atoms with E-state index in [1.807, 2.05) is 0 Å². The van der Waals surface area contributed by atoms with E-state index in [1.54, 1.807) is 0 Å². The summed E-state index contributed by atoms with van der Waals surface area (Å²) in [5, 5.41) is 13.0. The topological polar surface area (TPSA) is 98.3 Å². The fraction of sp³-hybridized carbons (Fsp3) is 0.300. The molecule has 0 spiro atoms. The van der Waals surface area contributed by atoms with Gasteiger partial charge in [-0.1, -0.05) is 11.6 Å². The van der Waals surface area contributed by atoms with Crippen LogP contribution in [0.3, 0.4) is 0 Å². The Balaban J connectivity index is 3.27. The van der Waals surface area contributed by atoms with Gasteiger partial charge in [0.15, 0.2) is 0 Å². The number of nitro groups is 1. The van der Waals surface area contributed by atoms with E-state index in [-0.39, 0.29) is 10.7 Å². The highest BCUT2D eigenvalue weighted by atomic mass is 35.5. The lowest BCUT2D eigenvalue weighted by molar-refractivity contribution is -0.384. The minimum Gasteiger partial charge on any atom is -0.368 e. The normalized spacial score (nSPS) is 11.1. The van der Waals surface area contributed by atoms with E-state index in [0.29, 0.717) is 0 Å². The van der Waals surface area contributed by atoms with E-state index in [9.17, 15) is 19.3 Å². The van der Waals surface area contributed by atoms with Gasteiger partial charge in [-0.15, -0.1) is 0 Å². The number of amides is 1. The third-order valence-electron chi connectivity index (χ3n) is 2.30. The van der Waals surface area contributed by atoms with E-state index in [1.165, 1.54) is 13.8 Å². The smallest absolute Gasteiger partial charge is 0.294 e. The first-order valence-electron chi connectivity index (χ1n) is 4.86. The second-order valence-electron chi connectivity index (χ2n) is 4.15. The van der Waals surface area contributed by atoms with Crippen molar-refractivity contribution in [2.45, 2.75) is 19.4 Å². The molecule has 1 amide bonds. The van der Waals surface area contributed by atoms with Gasteiger partial charge in [-0.2, -0.15) is 0 Å². The Bertz CT molecular complexity index is 519. The number of nitrogens with zero attached hydrogens (tertiary/aromatic N) is 1. The zero-order valence-corrected chi connectivity index (χ0v) is 10.4. The summed E-state index contributed by atoms with van der Waals surface area (Å²) < 4.78 is 13.3. The number of anilines is 1. The molecule has 0 bridgehead atoms. The van der Waals surface area contributed by atoms with Crippen molar-refractivity contribution in [2.24, 2.45) is 5.73 Å². The maximum Gasteiger partial charge on any atom is 0.294 e. The summed E-state index contributed by atoms with van der Waals surface area (Å²) in [5.74, 6) is -1.56. The Morgan fingerprint density at radius 1 is 1.56 bits per heavy atom. The Morgan fingerprint density at radius 2 is 2.11 bits per heavy atom. The number of benzene rings is 1. The summed E-state index contributed by atoms with van der Waals surface area (Å²) in [7, 11) is 0. The molecule has 0 aromatic heterocycles. The minimum atomic E-state index is -1.26. The van der Waals surface area contributed by atoms with Gasteiger partial charge in [0.2, 0.25) is 5.91 Å². The summed E-state index contributed by atoms with van der Waals surface area (Å²) in [4.78, 5) is 21.2. The quantitative estimate of drug-likeness (QED) is 0.649. The number of carbonyl (C=O) groups excluding carboxylic acids is 1. The predicted molar refractivity (Wildman–Crippen MR) is 65.0 cm³/mol. The molecule has 0 atom stereocenters. The second-order valence-corrected chi connectivity index (χ2v) is 4.56. The zero-order chi connectivity index (χ0) is 14.1. The van der Waals surface area contributed by atoms with Gasteiger partial charge < -0.3 is 11.1 Å². The van der Waals surface area contributed by atoms with Crippen LogP contribution in [0.1, 0.15) is 13.8 Å². The van der Waals surface area contributed by atoms with Crippen molar-refractivity contribution in [3.05, 3.63) is 33.1 Å². The third-order valence-corrected chi connectivity index (χ3v) is 2.59. The number of hydrogen-bond donors (Lipinski definition) is 2. The molecule has 1 aromatic rings. The van der Waals surface area contributed by atoms with Gasteiger partial charge in [-0.05, 0) is 13.8 Å². The van der Waals surface area contributed by atoms with Crippen LogP contribution in [0.2, 0.25) is 5.02 Å². The van der Waals surface area contributed by atoms with Crippen molar-refractivity contribution in [3.63, 3.8) is 0 Å². The van der Waals surface area contributed by atoms with Crippen LogP contribution in [-0.2, 0) is 4.79 Å². The molecule has 8 heteroatoms. The van der Waals surface area contributed by atoms with Crippen molar-refractivity contribution in [3.8, 4) is 0 Å².